The molecule has 4 nitrogen and oxygen atoms in total. The molecule has 2 N–H and O–H groups in total. The van der Waals surface area contributed by atoms with Gasteiger partial charge in [0.2, 0.25) is 5.91 Å². The molecular weight excluding hydrogens is 190 g/mol. The maximum Gasteiger partial charge on any atom is 0.236 e. The zero-order chi connectivity index (χ0) is 11.3. The summed E-state index contributed by atoms with van der Waals surface area (Å²) in [4.78, 5) is 16.3. The molecule has 1 amide bonds. The van der Waals surface area contributed by atoms with E-state index in [4.69, 9.17) is 0 Å². The van der Waals surface area contributed by atoms with E-state index >= 15 is 0 Å². The third-order valence-electron chi connectivity index (χ3n) is 2.17. The van der Waals surface area contributed by atoms with E-state index in [1.54, 1.807) is 4.90 Å². The van der Waals surface area contributed by atoms with Crippen LogP contribution in [0, 0.1) is 0 Å². The van der Waals surface area contributed by atoms with Crippen LogP contribution in [0.2, 0.25) is 0 Å². The van der Waals surface area contributed by atoms with E-state index in [0.717, 1.165) is 5.56 Å². The molecule has 0 radical (unpaired) electrons. The van der Waals surface area contributed by atoms with Gasteiger partial charge >= 0.3 is 0 Å². The van der Waals surface area contributed by atoms with Gasteiger partial charge in [-0.15, -0.1) is 0 Å². The molecule has 0 saturated carbocycles. The third-order valence-corrected chi connectivity index (χ3v) is 2.17. The first-order valence-corrected chi connectivity index (χ1v) is 5.18. The average molecular weight is 209 g/mol. The van der Waals surface area contributed by atoms with Crippen LogP contribution in [0.5, 0.6) is 0 Å². The molecule has 0 fully saturated rings. The number of aromatic amines is 1. The van der Waals surface area contributed by atoms with Crippen LogP contribution in [0.25, 0.3) is 0 Å². The Morgan fingerprint density at radius 1 is 1.60 bits per heavy atom. The number of nitrogens with one attached hydrogen (secondary N) is 2. The molecule has 84 valence electrons. The largest absolute Gasteiger partial charge is 0.367 e. The highest BCUT2D eigenvalue weighted by atomic mass is 16.2. The first-order valence-electron chi connectivity index (χ1n) is 5.18. The van der Waals surface area contributed by atoms with Crippen LogP contribution in [-0.2, 0) is 11.3 Å². The lowest BCUT2D eigenvalue weighted by Gasteiger charge is -2.17. The summed E-state index contributed by atoms with van der Waals surface area (Å²) in [6.07, 6.45) is 3.76. The maximum absolute atomic E-state index is 11.6. The number of hydrogen-bond acceptors (Lipinski definition) is 2. The second kappa shape index (κ2) is 5.56. The lowest BCUT2D eigenvalue weighted by atomic mass is 10.3. The molecule has 1 heterocycles. The summed E-state index contributed by atoms with van der Waals surface area (Å²) in [5, 5.41) is 3.11. The van der Waals surface area contributed by atoms with Crippen molar-refractivity contribution in [2.75, 3.05) is 13.6 Å². The third kappa shape index (κ3) is 4.16. The molecule has 0 aliphatic rings. The molecule has 0 bridgehead atoms. The topological polar surface area (TPSA) is 48.1 Å². The molecule has 0 aliphatic carbocycles. The molecule has 0 aliphatic heterocycles. The summed E-state index contributed by atoms with van der Waals surface area (Å²) < 4.78 is 0. The first-order chi connectivity index (χ1) is 7.09. The molecule has 0 spiro atoms. The van der Waals surface area contributed by atoms with Crippen molar-refractivity contribution in [2.45, 2.75) is 26.4 Å². The summed E-state index contributed by atoms with van der Waals surface area (Å²) >= 11 is 0. The molecule has 0 aromatic carbocycles. The number of hydrogen-bond donors (Lipinski definition) is 2. The van der Waals surface area contributed by atoms with Crippen molar-refractivity contribution in [1.29, 1.82) is 0 Å². The Kier molecular flexibility index (Phi) is 4.37. The Bertz CT molecular complexity index is 293. The monoisotopic (exact) mass is 209 g/mol. The number of aromatic nitrogens is 1. The molecule has 4 heteroatoms. The normalized spacial score (nSPS) is 10.7. The van der Waals surface area contributed by atoms with Gasteiger partial charge in [0.1, 0.15) is 0 Å². The van der Waals surface area contributed by atoms with Gasteiger partial charge in [-0.2, -0.15) is 0 Å². The summed E-state index contributed by atoms with van der Waals surface area (Å²) in [7, 11) is 1.82. The fourth-order valence-electron chi connectivity index (χ4n) is 1.25. The van der Waals surface area contributed by atoms with E-state index in [1.165, 1.54) is 0 Å². The predicted octanol–water partition coefficient (Wildman–Crippen LogP) is 0.971. The Balaban J connectivity index is 2.33. The lowest BCUT2D eigenvalue weighted by Crippen LogP contribution is -2.37. The smallest absolute Gasteiger partial charge is 0.236 e. The minimum Gasteiger partial charge on any atom is -0.367 e. The van der Waals surface area contributed by atoms with Gasteiger partial charge in [0.15, 0.2) is 0 Å². The van der Waals surface area contributed by atoms with E-state index in [2.05, 4.69) is 10.3 Å². The van der Waals surface area contributed by atoms with Gasteiger partial charge in [-0.05, 0) is 11.6 Å². The van der Waals surface area contributed by atoms with Gasteiger partial charge in [-0.1, -0.05) is 13.8 Å². The van der Waals surface area contributed by atoms with Crippen molar-refractivity contribution in [1.82, 2.24) is 15.2 Å². The standard InChI is InChI=1S/C11H19N3O/c1-9(2)13-7-11(15)14(3)8-10-4-5-12-6-10/h4-6,9,12-13H,7-8H2,1-3H3. The molecule has 1 rings (SSSR count). The van der Waals surface area contributed by atoms with E-state index in [-0.39, 0.29) is 5.91 Å². The fourth-order valence-corrected chi connectivity index (χ4v) is 1.25. The molecule has 1 aromatic heterocycles. The van der Waals surface area contributed by atoms with E-state index in [9.17, 15) is 4.79 Å². The van der Waals surface area contributed by atoms with E-state index < -0.39 is 0 Å². The van der Waals surface area contributed by atoms with Gasteiger partial charge in [0.25, 0.3) is 0 Å². The maximum atomic E-state index is 11.6. The number of carbonyl (C=O) groups excluding carboxylic acids is 1. The highest BCUT2D eigenvalue weighted by molar-refractivity contribution is 5.77. The Hall–Kier alpha value is -1.29. The summed E-state index contributed by atoms with van der Waals surface area (Å²) in [5.41, 5.74) is 1.12. The van der Waals surface area contributed by atoms with E-state index in [1.807, 2.05) is 39.4 Å². The van der Waals surface area contributed by atoms with Gasteiger partial charge in [-0.25, -0.2) is 0 Å². The quantitative estimate of drug-likeness (QED) is 0.759. The van der Waals surface area contributed by atoms with Gasteiger partial charge in [0.05, 0.1) is 6.54 Å². The minimum atomic E-state index is 0.116. The number of carbonyl (C=O) groups is 1. The number of rotatable bonds is 5. The highest BCUT2D eigenvalue weighted by Gasteiger charge is 2.09. The number of nitrogens with zero attached hydrogens (tertiary/aromatic N) is 1. The Morgan fingerprint density at radius 2 is 2.33 bits per heavy atom. The fraction of sp³-hybridized carbons (Fsp3) is 0.545. The van der Waals surface area contributed by atoms with Crippen LogP contribution in [0.3, 0.4) is 0 Å². The number of likely N-dealkylation sites (N-methyl/N-ethyl adjacent to an activating group) is 1. The second-order valence-corrected chi connectivity index (χ2v) is 4.00. The van der Waals surface area contributed by atoms with Crippen molar-refractivity contribution in [2.24, 2.45) is 0 Å². The molecule has 15 heavy (non-hydrogen) atoms. The lowest BCUT2D eigenvalue weighted by molar-refractivity contribution is -0.129. The summed E-state index contributed by atoms with van der Waals surface area (Å²) in [6, 6.07) is 2.31. The Labute approximate surface area is 90.7 Å². The zero-order valence-electron chi connectivity index (χ0n) is 9.58. The van der Waals surface area contributed by atoms with Gasteiger partial charge in [0, 0.05) is 32.0 Å². The summed E-state index contributed by atoms with van der Waals surface area (Å²) in [5.74, 6) is 0.116. The van der Waals surface area contributed by atoms with Crippen molar-refractivity contribution in [3.63, 3.8) is 0 Å². The van der Waals surface area contributed by atoms with Crippen LogP contribution in [0.15, 0.2) is 18.5 Å². The molecule has 1 aromatic rings. The summed E-state index contributed by atoms with van der Waals surface area (Å²) in [6.45, 7) is 5.11. The minimum absolute atomic E-state index is 0.116. The average Bonchev–Trinajstić information content (AvgIpc) is 2.66. The van der Waals surface area contributed by atoms with E-state index in [0.29, 0.717) is 19.1 Å². The van der Waals surface area contributed by atoms with Crippen molar-refractivity contribution in [3.8, 4) is 0 Å². The van der Waals surface area contributed by atoms with Crippen molar-refractivity contribution < 1.29 is 4.79 Å². The van der Waals surface area contributed by atoms with Crippen LogP contribution in [0.4, 0.5) is 0 Å². The molecule has 0 saturated heterocycles. The molecule has 0 unspecified atom stereocenters. The number of H-pyrrole nitrogens is 1. The van der Waals surface area contributed by atoms with Crippen molar-refractivity contribution in [3.05, 3.63) is 24.0 Å². The zero-order valence-corrected chi connectivity index (χ0v) is 9.58. The second-order valence-electron chi connectivity index (χ2n) is 4.00. The van der Waals surface area contributed by atoms with Crippen molar-refractivity contribution >= 4 is 5.91 Å². The van der Waals surface area contributed by atoms with Crippen LogP contribution in [-0.4, -0.2) is 35.4 Å². The SMILES string of the molecule is CC(C)NCC(=O)N(C)Cc1cc[nH]c1. The van der Waals surface area contributed by atoms with Gasteiger partial charge in [-0.3, -0.25) is 4.79 Å². The highest BCUT2D eigenvalue weighted by Crippen LogP contribution is 2.01. The van der Waals surface area contributed by atoms with Crippen LogP contribution < -0.4 is 5.32 Å². The van der Waals surface area contributed by atoms with Crippen LogP contribution in [0.1, 0.15) is 19.4 Å². The number of amides is 1. The first kappa shape index (κ1) is 11.8. The van der Waals surface area contributed by atoms with Crippen LogP contribution >= 0.6 is 0 Å². The molecule has 0 atom stereocenters. The Morgan fingerprint density at radius 3 is 2.87 bits per heavy atom. The van der Waals surface area contributed by atoms with Gasteiger partial charge < -0.3 is 15.2 Å². The predicted molar refractivity (Wildman–Crippen MR) is 60.4 cm³/mol. The molecular formula is C11H19N3O.